The standard InChI is InChI=1S/C13H17N3O2S/c1-2-11(8-14)16-19(17,18)13-5-3-4-10-9-15-7-6-12(10)13/h3-7,9,11,16H,2,8,14H2,1H3. The molecule has 1 atom stereocenters. The Morgan fingerprint density at radius 2 is 2.16 bits per heavy atom. The van der Waals surface area contributed by atoms with E-state index in [1.807, 2.05) is 13.0 Å². The summed E-state index contributed by atoms with van der Waals surface area (Å²) in [7, 11) is -3.57. The number of nitrogens with two attached hydrogens (primary N) is 1. The molecule has 6 heteroatoms. The highest BCUT2D eigenvalue weighted by Crippen LogP contribution is 2.22. The molecule has 1 unspecified atom stereocenters. The summed E-state index contributed by atoms with van der Waals surface area (Å²) in [6.45, 7) is 2.18. The van der Waals surface area contributed by atoms with E-state index in [9.17, 15) is 8.42 Å². The molecule has 0 amide bonds. The van der Waals surface area contributed by atoms with Gasteiger partial charge in [-0.1, -0.05) is 19.1 Å². The minimum absolute atomic E-state index is 0.248. The van der Waals surface area contributed by atoms with Crippen molar-refractivity contribution in [2.75, 3.05) is 6.54 Å². The lowest BCUT2D eigenvalue weighted by atomic mass is 10.2. The van der Waals surface area contributed by atoms with E-state index in [-0.39, 0.29) is 17.5 Å². The molecule has 0 saturated heterocycles. The molecule has 19 heavy (non-hydrogen) atoms. The zero-order valence-corrected chi connectivity index (χ0v) is 11.5. The predicted octanol–water partition coefficient (Wildman–Crippen LogP) is 1.25. The van der Waals surface area contributed by atoms with Crippen LogP contribution in [0.5, 0.6) is 0 Å². The second kappa shape index (κ2) is 5.64. The topological polar surface area (TPSA) is 85.1 Å². The highest BCUT2D eigenvalue weighted by Gasteiger charge is 2.20. The maximum Gasteiger partial charge on any atom is 0.241 e. The Labute approximate surface area is 112 Å². The fourth-order valence-corrected chi connectivity index (χ4v) is 3.47. The van der Waals surface area contributed by atoms with Gasteiger partial charge in [0, 0.05) is 35.8 Å². The monoisotopic (exact) mass is 279 g/mol. The number of aromatic nitrogens is 1. The lowest BCUT2D eigenvalue weighted by Gasteiger charge is -2.15. The van der Waals surface area contributed by atoms with Crippen LogP contribution in [0.3, 0.4) is 0 Å². The fourth-order valence-electron chi connectivity index (χ4n) is 1.91. The quantitative estimate of drug-likeness (QED) is 0.862. The Balaban J connectivity index is 2.49. The number of fused-ring (bicyclic) bond motifs is 1. The van der Waals surface area contributed by atoms with Crippen LogP contribution < -0.4 is 10.5 Å². The average molecular weight is 279 g/mol. The Morgan fingerprint density at radius 3 is 2.84 bits per heavy atom. The van der Waals surface area contributed by atoms with Gasteiger partial charge in [-0.3, -0.25) is 4.98 Å². The third-order valence-electron chi connectivity index (χ3n) is 3.03. The minimum Gasteiger partial charge on any atom is -0.329 e. The second-order valence-corrected chi connectivity index (χ2v) is 6.00. The summed E-state index contributed by atoms with van der Waals surface area (Å²) in [5.41, 5.74) is 5.54. The molecular formula is C13H17N3O2S. The van der Waals surface area contributed by atoms with Gasteiger partial charge in [-0.15, -0.1) is 0 Å². The first-order valence-corrected chi connectivity index (χ1v) is 7.62. The highest BCUT2D eigenvalue weighted by atomic mass is 32.2. The van der Waals surface area contributed by atoms with Crippen LogP contribution in [0.15, 0.2) is 41.6 Å². The van der Waals surface area contributed by atoms with Crippen LogP contribution in [0.2, 0.25) is 0 Å². The lowest BCUT2D eigenvalue weighted by Crippen LogP contribution is -2.39. The van der Waals surface area contributed by atoms with Crippen LogP contribution in [-0.4, -0.2) is 26.0 Å². The number of nitrogens with zero attached hydrogens (tertiary/aromatic N) is 1. The molecule has 0 fully saturated rings. The van der Waals surface area contributed by atoms with Crippen LogP contribution in [-0.2, 0) is 10.0 Å². The van der Waals surface area contributed by atoms with E-state index in [0.29, 0.717) is 11.8 Å². The molecule has 0 spiro atoms. The van der Waals surface area contributed by atoms with Crippen molar-refractivity contribution in [2.45, 2.75) is 24.3 Å². The molecule has 2 rings (SSSR count). The number of hydrogen-bond acceptors (Lipinski definition) is 4. The molecule has 0 radical (unpaired) electrons. The van der Waals surface area contributed by atoms with Crippen LogP contribution in [0.1, 0.15) is 13.3 Å². The van der Waals surface area contributed by atoms with E-state index in [2.05, 4.69) is 9.71 Å². The van der Waals surface area contributed by atoms with Crippen molar-refractivity contribution in [3.8, 4) is 0 Å². The molecule has 2 aromatic rings. The van der Waals surface area contributed by atoms with E-state index in [0.717, 1.165) is 5.39 Å². The van der Waals surface area contributed by atoms with Gasteiger partial charge in [0.25, 0.3) is 0 Å². The van der Waals surface area contributed by atoms with E-state index in [1.54, 1.807) is 30.6 Å². The molecule has 5 nitrogen and oxygen atoms in total. The maximum absolute atomic E-state index is 12.4. The van der Waals surface area contributed by atoms with Crippen molar-refractivity contribution in [3.05, 3.63) is 36.7 Å². The van der Waals surface area contributed by atoms with E-state index in [4.69, 9.17) is 5.73 Å². The van der Waals surface area contributed by atoms with Crippen molar-refractivity contribution in [1.82, 2.24) is 9.71 Å². The Kier molecular flexibility index (Phi) is 4.14. The van der Waals surface area contributed by atoms with Crippen molar-refractivity contribution >= 4 is 20.8 Å². The van der Waals surface area contributed by atoms with Crippen LogP contribution in [0.25, 0.3) is 10.8 Å². The van der Waals surface area contributed by atoms with Crippen LogP contribution in [0, 0.1) is 0 Å². The predicted molar refractivity (Wildman–Crippen MR) is 75.2 cm³/mol. The van der Waals surface area contributed by atoms with Gasteiger partial charge in [0.1, 0.15) is 0 Å². The molecule has 1 aromatic carbocycles. The molecule has 0 saturated carbocycles. The Bertz CT molecular complexity index is 661. The van der Waals surface area contributed by atoms with E-state index in [1.165, 1.54) is 0 Å². The van der Waals surface area contributed by atoms with Gasteiger partial charge in [-0.2, -0.15) is 0 Å². The molecule has 102 valence electrons. The highest BCUT2D eigenvalue weighted by molar-refractivity contribution is 7.89. The largest absolute Gasteiger partial charge is 0.329 e. The number of sulfonamides is 1. The average Bonchev–Trinajstić information content (AvgIpc) is 2.44. The maximum atomic E-state index is 12.4. The molecule has 1 aromatic heterocycles. The van der Waals surface area contributed by atoms with E-state index < -0.39 is 10.0 Å². The number of nitrogens with one attached hydrogen (secondary N) is 1. The van der Waals surface area contributed by atoms with Gasteiger partial charge in [0.2, 0.25) is 10.0 Å². The molecule has 0 aliphatic rings. The Morgan fingerprint density at radius 1 is 1.37 bits per heavy atom. The smallest absolute Gasteiger partial charge is 0.241 e. The van der Waals surface area contributed by atoms with Gasteiger partial charge in [0.05, 0.1) is 4.90 Å². The zero-order chi connectivity index (χ0) is 13.9. The van der Waals surface area contributed by atoms with Gasteiger partial charge in [0.15, 0.2) is 0 Å². The summed E-state index contributed by atoms with van der Waals surface area (Å²) in [6.07, 6.45) is 3.89. The minimum atomic E-state index is -3.57. The Hall–Kier alpha value is -1.50. The summed E-state index contributed by atoms with van der Waals surface area (Å²) in [6, 6.07) is 6.59. The SMILES string of the molecule is CCC(CN)NS(=O)(=O)c1cccc2cnccc12. The number of hydrogen-bond donors (Lipinski definition) is 2. The van der Waals surface area contributed by atoms with Gasteiger partial charge in [-0.05, 0) is 18.6 Å². The molecule has 3 N–H and O–H groups in total. The zero-order valence-electron chi connectivity index (χ0n) is 10.7. The van der Waals surface area contributed by atoms with Crippen molar-refractivity contribution in [2.24, 2.45) is 5.73 Å². The van der Waals surface area contributed by atoms with E-state index >= 15 is 0 Å². The molecule has 0 aliphatic heterocycles. The second-order valence-electron chi connectivity index (χ2n) is 4.32. The summed E-state index contributed by atoms with van der Waals surface area (Å²) >= 11 is 0. The third-order valence-corrected chi connectivity index (χ3v) is 4.61. The van der Waals surface area contributed by atoms with Crippen molar-refractivity contribution in [1.29, 1.82) is 0 Å². The number of pyridine rings is 1. The van der Waals surface area contributed by atoms with Gasteiger partial charge >= 0.3 is 0 Å². The first kappa shape index (κ1) is 13.9. The van der Waals surface area contributed by atoms with Gasteiger partial charge in [-0.25, -0.2) is 13.1 Å². The summed E-state index contributed by atoms with van der Waals surface area (Å²) < 4.78 is 27.4. The van der Waals surface area contributed by atoms with Gasteiger partial charge < -0.3 is 5.73 Å². The van der Waals surface area contributed by atoms with Crippen molar-refractivity contribution < 1.29 is 8.42 Å². The fraction of sp³-hybridized carbons (Fsp3) is 0.308. The molecule has 0 aliphatic carbocycles. The summed E-state index contributed by atoms with van der Waals surface area (Å²) in [4.78, 5) is 4.26. The number of rotatable bonds is 5. The molecule has 0 bridgehead atoms. The van der Waals surface area contributed by atoms with Crippen LogP contribution in [0.4, 0.5) is 0 Å². The lowest BCUT2D eigenvalue weighted by molar-refractivity contribution is 0.543. The van der Waals surface area contributed by atoms with Crippen molar-refractivity contribution in [3.63, 3.8) is 0 Å². The summed E-state index contributed by atoms with van der Waals surface area (Å²) in [5.74, 6) is 0. The first-order valence-electron chi connectivity index (χ1n) is 6.13. The molecule has 1 heterocycles. The van der Waals surface area contributed by atoms with Crippen LogP contribution >= 0.6 is 0 Å². The third kappa shape index (κ3) is 2.91. The summed E-state index contributed by atoms with van der Waals surface area (Å²) in [5, 5.41) is 1.46. The first-order chi connectivity index (χ1) is 9.08. The molecular weight excluding hydrogens is 262 g/mol. The normalized spacial score (nSPS) is 13.6. The number of benzene rings is 1.